The number of halogens is 2. The largest absolute Gasteiger partial charge is 0.360 e. The first-order chi connectivity index (χ1) is 11.1. The fraction of sp³-hybridized carbons (Fsp3) is 0.375. The van der Waals surface area contributed by atoms with Crippen LogP contribution in [-0.2, 0) is 0 Å². The molecule has 1 aromatic heterocycles. The molecule has 1 atom stereocenters. The summed E-state index contributed by atoms with van der Waals surface area (Å²) in [5.41, 5.74) is 0.424. The van der Waals surface area contributed by atoms with Crippen molar-refractivity contribution in [1.82, 2.24) is 15.8 Å². The van der Waals surface area contributed by atoms with Gasteiger partial charge in [0.05, 0.1) is 10.6 Å². The van der Waals surface area contributed by atoms with Gasteiger partial charge in [0.1, 0.15) is 22.8 Å². The standard InChI is InChI=1S/C16H17ClFN3O2/c1-9-13(16(22)20-8-10-4-3-7-19-10)15(21-23-9)14-11(17)5-2-6-12(14)18/h2,5-6,10,19H,3-4,7-8H2,1H3,(H,20,22). The summed E-state index contributed by atoms with van der Waals surface area (Å²) >= 11 is 6.07. The lowest BCUT2D eigenvalue weighted by Gasteiger charge is -2.12. The number of rotatable bonds is 4. The lowest BCUT2D eigenvalue weighted by molar-refractivity contribution is 0.0949. The van der Waals surface area contributed by atoms with E-state index in [0.717, 1.165) is 19.4 Å². The van der Waals surface area contributed by atoms with Crippen molar-refractivity contribution in [3.8, 4) is 11.3 Å². The van der Waals surface area contributed by atoms with Crippen LogP contribution in [0.1, 0.15) is 29.0 Å². The van der Waals surface area contributed by atoms with Crippen molar-refractivity contribution in [3.05, 3.63) is 40.4 Å². The average Bonchev–Trinajstić information content (AvgIpc) is 3.15. The highest BCUT2D eigenvalue weighted by Gasteiger charge is 2.26. The Morgan fingerprint density at radius 3 is 3.09 bits per heavy atom. The summed E-state index contributed by atoms with van der Waals surface area (Å²) in [4.78, 5) is 12.5. The Labute approximate surface area is 138 Å². The number of aryl methyl sites for hydroxylation is 1. The molecule has 23 heavy (non-hydrogen) atoms. The summed E-state index contributed by atoms with van der Waals surface area (Å²) in [5.74, 6) is -0.555. The van der Waals surface area contributed by atoms with Gasteiger partial charge in [0.2, 0.25) is 0 Å². The van der Waals surface area contributed by atoms with Crippen molar-refractivity contribution in [1.29, 1.82) is 0 Å². The summed E-state index contributed by atoms with van der Waals surface area (Å²) in [5, 5.41) is 10.2. The van der Waals surface area contributed by atoms with Gasteiger partial charge in [-0.15, -0.1) is 0 Å². The Bertz CT molecular complexity index is 706. The molecule has 2 N–H and O–H groups in total. The number of benzene rings is 1. The molecule has 1 amide bonds. The molecule has 1 aliphatic heterocycles. The number of amides is 1. The molecule has 7 heteroatoms. The number of hydrogen-bond donors (Lipinski definition) is 2. The van der Waals surface area contributed by atoms with E-state index in [1.54, 1.807) is 13.0 Å². The van der Waals surface area contributed by atoms with Crippen LogP contribution in [0.3, 0.4) is 0 Å². The first-order valence-electron chi connectivity index (χ1n) is 7.50. The van der Waals surface area contributed by atoms with Gasteiger partial charge in [0.25, 0.3) is 5.91 Å². The minimum atomic E-state index is -0.544. The summed E-state index contributed by atoms with van der Waals surface area (Å²) in [6.45, 7) is 3.09. The van der Waals surface area contributed by atoms with E-state index in [4.69, 9.17) is 16.1 Å². The second-order valence-electron chi connectivity index (χ2n) is 5.56. The number of carbonyl (C=O) groups excluding carboxylic acids is 1. The van der Waals surface area contributed by atoms with E-state index in [0.29, 0.717) is 12.3 Å². The van der Waals surface area contributed by atoms with Crippen molar-refractivity contribution in [2.24, 2.45) is 0 Å². The molecule has 1 aromatic carbocycles. The highest BCUT2D eigenvalue weighted by Crippen LogP contribution is 2.33. The molecule has 0 saturated carbocycles. The van der Waals surface area contributed by atoms with Crippen LogP contribution in [0.25, 0.3) is 11.3 Å². The van der Waals surface area contributed by atoms with Crippen molar-refractivity contribution in [2.75, 3.05) is 13.1 Å². The molecular weight excluding hydrogens is 321 g/mol. The van der Waals surface area contributed by atoms with Gasteiger partial charge in [-0.2, -0.15) is 0 Å². The molecule has 3 rings (SSSR count). The monoisotopic (exact) mass is 337 g/mol. The van der Waals surface area contributed by atoms with Crippen LogP contribution in [0.5, 0.6) is 0 Å². The van der Waals surface area contributed by atoms with Crippen LogP contribution in [0, 0.1) is 12.7 Å². The molecule has 1 saturated heterocycles. The number of aromatic nitrogens is 1. The Kier molecular flexibility index (Phi) is 4.63. The van der Waals surface area contributed by atoms with E-state index in [-0.39, 0.29) is 33.8 Å². The first kappa shape index (κ1) is 16.0. The molecule has 0 aliphatic carbocycles. The highest BCUT2D eigenvalue weighted by molar-refractivity contribution is 6.33. The molecular formula is C16H17ClFN3O2. The third-order valence-corrected chi connectivity index (χ3v) is 4.28. The third kappa shape index (κ3) is 3.23. The van der Waals surface area contributed by atoms with Crippen molar-refractivity contribution in [3.63, 3.8) is 0 Å². The van der Waals surface area contributed by atoms with E-state index >= 15 is 0 Å². The molecule has 0 radical (unpaired) electrons. The van der Waals surface area contributed by atoms with Gasteiger partial charge in [0, 0.05) is 12.6 Å². The van der Waals surface area contributed by atoms with Crippen molar-refractivity contribution < 1.29 is 13.7 Å². The molecule has 2 heterocycles. The summed E-state index contributed by atoms with van der Waals surface area (Å²) in [6, 6.07) is 4.59. The highest BCUT2D eigenvalue weighted by atomic mass is 35.5. The number of nitrogens with one attached hydrogen (secondary N) is 2. The molecule has 1 aliphatic rings. The maximum absolute atomic E-state index is 14.1. The lowest BCUT2D eigenvalue weighted by Crippen LogP contribution is -2.37. The summed E-state index contributed by atoms with van der Waals surface area (Å²) < 4.78 is 19.2. The van der Waals surface area contributed by atoms with Gasteiger partial charge in [-0.1, -0.05) is 22.8 Å². The Hall–Kier alpha value is -1.92. The van der Waals surface area contributed by atoms with E-state index in [2.05, 4.69) is 15.8 Å². The van der Waals surface area contributed by atoms with Crippen LogP contribution in [0.4, 0.5) is 4.39 Å². The fourth-order valence-corrected chi connectivity index (χ4v) is 3.02. The Morgan fingerprint density at radius 2 is 2.39 bits per heavy atom. The predicted octanol–water partition coefficient (Wildman–Crippen LogP) is 2.92. The number of carbonyl (C=O) groups is 1. The zero-order chi connectivity index (χ0) is 16.4. The Balaban J connectivity index is 1.88. The minimum absolute atomic E-state index is 0.0789. The zero-order valence-corrected chi connectivity index (χ0v) is 13.4. The van der Waals surface area contributed by atoms with Crippen LogP contribution >= 0.6 is 11.6 Å². The van der Waals surface area contributed by atoms with Crippen molar-refractivity contribution in [2.45, 2.75) is 25.8 Å². The predicted molar refractivity (Wildman–Crippen MR) is 85.0 cm³/mol. The molecule has 0 spiro atoms. The second-order valence-corrected chi connectivity index (χ2v) is 5.97. The summed E-state index contributed by atoms with van der Waals surface area (Å²) in [6.07, 6.45) is 2.12. The fourth-order valence-electron chi connectivity index (χ4n) is 2.77. The van der Waals surface area contributed by atoms with E-state index in [1.807, 2.05) is 0 Å². The lowest BCUT2D eigenvalue weighted by atomic mass is 10.0. The number of hydrogen-bond acceptors (Lipinski definition) is 4. The van der Waals surface area contributed by atoms with E-state index in [9.17, 15) is 9.18 Å². The van der Waals surface area contributed by atoms with Gasteiger partial charge >= 0.3 is 0 Å². The van der Waals surface area contributed by atoms with E-state index in [1.165, 1.54) is 12.1 Å². The number of nitrogens with zero attached hydrogens (tertiary/aromatic N) is 1. The van der Waals surface area contributed by atoms with Crippen molar-refractivity contribution >= 4 is 17.5 Å². The maximum Gasteiger partial charge on any atom is 0.257 e. The van der Waals surface area contributed by atoms with Gasteiger partial charge in [-0.3, -0.25) is 4.79 Å². The van der Waals surface area contributed by atoms with Gasteiger partial charge in [-0.25, -0.2) is 4.39 Å². The average molecular weight is 338 g/mol. The normalized spacial score (nSPS) is 17.4. The molecule has 1 unspecified atom stereocenters. The van der Waals surface area contributed by atoms with Crippen LogP contribution < -0.4 is 10.6 Å². The molecule has 5 nitrogen and oxygen atoms in total. The van der Waals surface area contributed by atoms with Gasteiger partial charge in [0.15, 0.2) is 0 Å². The SMILES string of the molecule is Cc1onc(-c2c(F)cccc2Cl)c1C(=O)NCC1CCCN1. The summed E-state index contributed by atoms with van der Waals surface area (Å²) in [7, 11) is 0. The maximum atomic E-state index is 14.1. The molecule has 122 valence electrons. The minimum Gasteiger partial charge on any atom is -0.360 e. The van der Waals surface area contributed by atoms with Crippen LogP contribution in [0.15, 0.2) is 22.7 Å². The molecule has 0 bridgehead atoms. The van der Waals surface area contributed by atoms with Gasteiger partial charge in [-0.05, 0) is 38.4 Å². The quantitative estimate of drug-likeness (QED) is 0.900. The smallest absolute Gasteiger partial charge is 0.257 e. The van der Waals surface area contributed by atoms with Crippen LogP contribution in [0.2, 0.25) is 5.02 Å². The molecule has 1 fully saturated rings. The topological polar surface area (TPSA) is 67.2 Å². The van der Waals surface area contributed by atoms with Crippen LogP contribution in [-0.4, -0.2) is 30.2 Å². The third-order valence-electron chi connectivity index (χ3n) is 3.96. The van der Waals surface area contributed by atoms with Gasteiger partial charge < -0.3 is 15.2 Å². The molecule has 2 aromatic rings. The second kappa shape index (κ2) is 6.68. The Morgan fingerprint density at radius 1 is 1.57 bits per heavy atom. The zero-order valence-electron chi connectivity index (χ0n) is 12.7. The first-order valence-corrected chi connectivity index (χ1v) is 7.88. The van der Waals surface area contributed by atoms with E-state index < -0.39 is 5.82 Å².